The maximum atomic E-state index is 12.2. The van der Waals surface area contributed by atoms with Crippen LogP contribution in [0.15, 0.2) is 12.1 Å². The molecule has 1 aromatic rings. The standard InChI is InChI=1S/C13H11Cl2NO3/c1-2-19-11(17)8-5-13(8)7-3-6(14)4-9(15)10(7)16-12(13)18/h3-4,8H,2,5H2,1H3,(H,16,18)/t8-,13-/m1/s1. The van der Waals surface area contributed by atoms with Gasteiger partial charge in [0.2, 0.25) is 5.91 Å². The Morgan fingerprint density at radius 2 is 2.26 bits per heavy atom. The molecular weight excluding hydrogens is 289 g/mol. The summed E-state index contributed by atoms with van der Waals surface area (Å²) in [7, 11) is 0. The Hall–Kier alpha value is -1.26. The van der Waals surface area contributed by atoms with Crippen LogP contribution in [0.2, 0.25) is 10.0 Å². The summed E-state index contributed by atoms with van der Waals surface area (Å²) < 4.78 is 4.99. The fourth-order valence-corrected chi connectivity index (χ4v) is 3.28. The average Bonchev–Trinajstić information content (AvgIpc) is 3.02. The normalized spacial score (nSPS) is 27.1. The van der Waals surface area contributed by atoms with E-state index in [0.717, 1.165) is 0 Å². The van der Waals surface area contributed by atoms with E-state index in [1.54, 1.807) is 19.1 Å². The van der Waals surface area contributed by atoms with Crippen LogP contribution in [0.25, 0.3) is 0 Å². The van der Waals surface area contributed by atoms with Gasteiger partial charge in [0.05, 0.1) is 28.6 Å². The number of hydrogen-bond donors (Lipinski definition) is 1. The van der Waals surface area contributed by atoms with Gasteiger partial charge in [0.1, 0.15) is 0 Å². The van der Waals surface area contributed by atoms with Crippen molar-refractivity contribution in [3.8, 4) is 0 Å². The van der Waals surface area contributed by atoms with Crippen molar-refractivity contribution < 1.29 is 14.3 Å². The smallest absolute Gasteiger partial charge is 0.310 e. The minimum Gasteiger partial charge on any atom is -0.466 e. The van der Waals surface area contributed by atoms with Crippen molar-refractivity contribution in [2.24, 2.45) is 5.92 Å². The number of carbonyl (C=O) groups is 2. The average molecular weight is 300 g/mol. The number of ether oxygens (including phenoxy) is 1. The lowest BCUT2D eigenvalue weighted by Crippen LogP contribution is -2.25. The quantitative estimate of drug-likeness (QED) is 0.854. The molecule has 6 heteroatoms. The molecule has 2 aliphatic rings. The maximum Gasteiger partial charge on any atom is 0.310 e. The second-order valence-electron chi connectivity index (χ2n) is 4.74. The lowest BCUT2D eigenvalue weighted by atomic mass is 9.95. The molecule has 1 spiro atoms. The number of rotatable bonds is 2. The fourth-order valence-electron chi connectivity index (χ4n) is 2.74. The Kier molecular flexibility index (Phi) is 2.76. The van der Waals surface area contributed by atoms with Crippen molar-refractivity contribution in [1.29, 1.82) is 0 Å². The number of amides is 1. The highest BCUT2D eigenvalue weighted by atomic mass is 35.5. The largest absolute Gasteiger partial charge is 0.466 e. The van der Waals surface area contributed by atoms with E-state index >= 15 is 0 Å². The number of nitrogens with one attached hydrogen (secondary N) is 1. The Morgan fingerprint density at radius 3 is 2.95 bits per heavy atom. The molecule has 19 heavy (non-hydrogen) atoms. The Bertz CT molecular complexity index is 602. The number of fused-ring (bicyclic) bond motifs is 2. The molecule has 1 aromatic carbocycles. The first-order valence-corrected chi connectivity index (χ1v) is 6.74. The molecule has 0 saturated heterocycles. The fraction of sp³-hybridized carbons (Fsp3) is 0.385. The van der Waals surface area contributed by atoms with Gasteiger partial charge in [-0.15, -0.1) is 0 Å². The summed E-state index contributed by atoms with van der Waals surface area (Å²) in [6.07, 6.45) is 0.446. The van der Waals surface area contributed by atoms with Crippen LogP contribution >= 0.6 is 23.2 Å². The van der Waals surface area contributed by atoms with Crippen molar-refractivity contribution in [1.82, 2.24) is 0 Å². The van der Waals surface area contributed by atoms with Gasteiger partial charge in [-0.3, -0.25) is 9.59 Å². The van der Waals surface area contributed by atoms with Crippen LogP contribution in [0.1, 0.15) is 18.9 Å². The number of halogens is 2. The molecule has 1 saturated carbocycles. The van der Waals surface area contributed by atoms with Gasteiger partial charge in [-0.25, -0.2) is 0 Å². The Morgan fingerprint density at radius 1 is 1.53 bits per heavy atom. The summed E-state index contributed by atoms with van der Waals surface area (Å²) in [6.45, 7) is 2.04. The molecule has 1 N–H and O–H groups in total. The molecule has 0 aromatic heterocycles. The van der Waals surface area contributed by atoms with Crippen LogP contribution in [0, 0.1) is 5.92 Å². The predicted molar refractivity (Wildman–Crippen MR) is 71.5 cm³/mol. The van der Waals surface area contributed by atoms with Crippen molar-refractivity contribution in [2.45, 2.75) is 18.8 Å². The molecule has 0 radical (unpaired) electrons. The van der Waals surface area contributed by atoms with E-state index in [9.17, 15) is 9.59 Å². The molecule has 1 amide bonds. The Balaban J connectivity index is 2.03. The molecule has 1 heterocycles. The summed E-state index contributed by atoms with van der Waals surface area (Å²) in [5.41, 5.74) is 0.423. The van der Waals surface area contributed by atoms with E-state index in [2.05, 4.69) is 5.32 Å². The third-order valence-electron chi connectivity index (χ3n) is 3.71. The zero-order valence-corrected chi connectivity index (χ0v) is 11.6. The molecule has 1 aliphatic carbocycles. The molecule has 1 fully saturated rings. The van der Waals surface area contributed by atoms with Gasteiger partial charge in [-0.1, -0.05) is 23.2 Å². The highest BCUT2D eigenvalue weighted by Crippen LogP contribution is 2.61. The second kappa shape index (κ2) is 4.12. The van der Waals surface area contributed by atoms with Crippen molar-refractivity contribution in [3.63, 3.8) is 0 Å². The number of benzene rings is 1. The third kappa shape index (κ3) is 1.66. The van der Waals surface area contributed by atoms with Crippen LogP contribution < -0.4 is 5.32 Å². The van der Waals surface area contributed by atoms with Gasteiger partial charge in [0.25, 0.3) is 0 Å². The van der Waals surface area contributed by atoms with Crippen LogP contribution in [-0.4, -0.2) is 18.5 Å². The van der Waals surface area contributed by atoms with Gasteiger partial charge >= 0.3 is 5.97 Å². The molecule has 2 atom stereocenters. The summed E-state index contributed by atoms with van der Waals surface area (Å²) in [5, 5.41) is 3.58. The molecular formula is C13H11Cl2NO3. The summed E-state index contributed by atoms with van der Waals surface area (Å²) in [5.74, 6) is -0.991. The van der Waals surface area contributed by atoms with Gasteiger partial charge in [-0.2, -0.15) is 0 Å². The first-order valence-electron chi connectivity index (χ1n) is 5.98. The van der Waals surface area contributed by atoms with Crippen molar-refractivity contribution in [2.75, 3.05) is 11.9 Å². The zero-order valence-electron chi connectivity index (χ0n) is 10.1. The van der Waals surface area contributed by atoms with Crippen LogP contribution in [0.3, 0.4) is 0 Å². The highest BCUT2D eigenvalue weighted by Gasteiger charge is 2.68. The van der Waals surface area contributed by atoms with E-state index in [0.29, 0.717) is 34.3 Å². The predicted octanol–water partition coefficient (Wildman–Crippen LogP) is 2.77. The number of carbonyl (C=O) groups excluding carboxylic acids is 2. The molecule has 3 rings (SSSR count). The van der Waals surface area contributed by atoms with Crippen LogP contribution in [0.5, 0.6) is 0 Å². The van der Waals surface area contributed by atoms with Crippen molar-refractivity contribution >= 4 is 40.8 Å². The lowest BCUT2D eigenvalue weighted by Gasteiger charge is -2.08. The van der Waals surface area contributed by atoms with Crippen molar-refractivity contribution in [3.05, 3.63) is 27.7 Å². The lowest BCUT2D eigenvalue weighted by molar-refractivity contribution is -0.146. The second-order valence-corrected chi connectivity index (χ2v) is 5.59. The van der Waals surface area contributed by atoms with E-state index in [4.69, 9.17) is 27.9 Å². The molecule has 4 nitrogen and oxygen atoms in total. The number of esters is 1. The maximum absolute atomic E-state index is 12.2. The van der Waals surface area contributed by atoms with E-state index in [1.807, 2.05) is 0 Å². The van der Waals surface area contributed by atoms with E-state index in [-0.39, 0.29) is 11.9 Å². The van der Waals surface area contributed by atoms with Gasteiger partial charge < -0.3 is 10.1 Å². The molecule has 100 valence electrons. The topological polar surface area (TPSA) is 55.4 Å². The van der Waals surface area contributed by atoms with E-state index < -0.39 is 11.3 Å². The van der Waals surface area contributed by atoms with Gasteiger partial charge in [-0.05, 0) is 31.0 Å². The highest BCUT2D eigenvalue weighted by molar-refractivity contribution is 6.38. The minimum atomic E-state index is -0.837. The monoisotopic (exact) mass is 299 g/mol. The summed E-state index contributed by atoms with van der Waals surface area (Å²) in [6, 6.07) is 3.27. The molecule has 1 aliphatic heterocycles. The Labute approximate surface area is 120 Å². The minimum absolute atomic E-state index is 0.204. The SMILES string of the molecule is CCOC(=O)[C@H]1C[C@]12C(=O)Nc1c(Cl)cc(Cl)cc12. The number of anilines is 1. The molecule has 0 unspecified atom stereocenters. The zero-order chi connectivity index (χ0) is 13.8. The number of hydrogen-bond acceptors (Lipinski definition) is 3. The first kappa shape index (κ1) is 12.8. The van der Waals surface area contributed by atoms with Gasteiger partial charge in [0, 0.05) is 5.02 Å². The first-order chi connectivity index (χ1) is 9.00. The molecule has 0 bridgehead atoms. The third-order valence-corrected chi connectivity index (χ3v) is 4.23. The van der Waals surface area contributed by atoms with E-state index in [1.165, 1.54) is 0 Å². The summed E-state index contributed by atoms with van der Waals surface area (Å²) >= 11 is 12.0. The van der Waals surface area contributed by atoms with Gasteiger partial charge in [0.15, 0.2) is 0 Å². The summed E-state index contributed by atoms with van der Waals surface area (Å²) in [4.78, 5) is 24.0. The van der Waals surface area contributed by atoms with Crippen LogP contribution in [-0.2, 0) is 19.7 Å². The van der Waals surface area contributed by atoms with Crippen LogP contribution in [0.4, 0.5) is 5.69 Å².